The topological polar surface area (TPSA) is 61.3 Å². The molecule has 13 heavy (non-hydrogen) atoms. The van der Waals surface area contributed by atoms with Gasteiger partial charge in [0.05, 0.1) is 12.8 Å². The summed E-state index contributed by atoms with van der Waals surface area (Å²) < 4.78 is 10.9. The van der Waals surface area contributed by atoms with Gasteiger partial charge in [-0.25, -0.2) is 4.98 Å². The van der Waals surface area contributed by atoms with Crippen LogP contribution in [0.15, 0.2) is 10.6 Å². The number of hydrogen-bond donors (Lipinski definition) is 1. The van der Waals surface area contributed by atoms with Crippen molar-refractivity contribution in [2.24, 2.45) is 5.73 Å². The van der Waals surface area contributed by atoms with E-state index >= 15 is 0 Å². The van der Waals surface area contributed by atoms with E-state index in [9.17, 15) is 0 Å². The van der Waals surface area contributed by atoms with E-state index < -0.39 is 0 Å². The molecular weight excluding hydrogens is 168 g/mol. The van der Waals surface area contributed by atoms with Crippen LogP contribution in [-0.2, 0) is 4.74 Å². The van der Waals surface area contributed by atoms with Crippen molar-refractivity contribution in [3.05, 3.63) is 17.8 Å². The smallest absolute Gasteiger partial charge is 0.223 e. The highest BCUT2D eigenvalue weighted by Gasteiger charge is 2.23. The van der Waals surface area contributed by atoms with Gasteiger partial charge < -0.3 is 14.9 Å². The molecule has 0 spiro atoms. The Morgan fingerprint density at radius 2 is 2.38 bits per heavy atom. The van der Waals surface area contributed by atoms with E-state index in [2.05, 4.69) is 4.98 Å². The maximum absolute atomic E-state index is 5.70. The van der Waals surface area contributed by atoms with Crippen molar-refractivity contribution < 1.29 is 9.15 Å². The molecule has 1 aliphatic rings. The van der Waals surface area contributed by atoms with Crippen LogP contribution >= 0.6 is 0 Å². The van der Waals surface area contributed by atoms with Crippen LogP contribution in [0.5, 0.6) is 0 Å². The SMILES string of the molecule is Cc1cnc(C2CCC(N)CO2)o1. The number of aromatic nitrogens is 1. The summed E-state index contributed by atoms with van der Waals surface area (Å²) in [5, 5.41) is 0. The molecule has 0 saturated carbocycles. The number of oxazole rings is 1. The van der Waals surface area contributed by atoms with E-state index in [1.54, 1.807) is 6.20 Å². The lowest BCUT2D eigenvalue weighted by atomic mass is 10.1. The predicted octanol–water partition coefficient (Wildman–Crippen LogP) is 1.16. The van der Waals surface area contributed by atoms with Gasteiger partial charge in [-0.1, -0.05) is 0 Å². The quantitative estimate of drug-likeness (QED) is 0.708. The lowest BCUT2D eigenvalue weighted by Crippen LogP contribution is -2.32. The first kappa shape index (κ1) is 8.72. The second-order valence-corrected chi connectivity index (χ2v) is 3.47. The van der Waals surface area contributed by atoms with Crippen molar-refractivity contribution in [2.45, 2.75) is 31.9 Å². The normalized spacial score (nSPS) is 29.1. The Hall–Kier alpha value is -0.870. The van der Waals surface area contributed by atoms with Crippen LogP contribution in [0.25, 0.3) is 0 Å². The number of rotatable bonds is 1. The lowest BCUT2D eigenvalue weighted by Gasteiger charge is -2.24. The molecule has 1 saturated heterocycles. The molecule has 0 amide bonds. The van der Waals surface area contributed by atoms with Gasteiger partial charge in [-0.15, -0.1) is 0 Å². The molecule has 4 heteroatoms. The molecule has 2 heterocycles. The largest absolute Gasteiger partial charge is 0.443 e. The summed E-state index contributed by atoms with van der Waals surface area (Å²) in [5.41, 5.74) is 5.70. The highest BCUT2D eigenvalue weighted by molar-refractivity contribution is 4.95. The molecule has 2 rings (SSSR count). The van der Waals surface area contributed by atoms with E-state index in [1.807, 2.05) is 6.92 Å². The molecule has 72 valence electrons. The Labute approximate surface area is 77.1 Å². The Balaban J connectivity index is 2.02. The molecule has 1 aliphatic heterocycles. The lowest BCUT2D eigenvalue weighted by molar-refractivity contribution is -0.0116. The third-order valence-electron chi connectivity index (χ3n) is 2.23. The van der Waals surface area contributed by atoms with Gasteiger partial charge in [-0.3, -0.25) is 0 Å². The van der Waals surface area contributed by atoms with E-state index in [0.29, 0.717) is 12.5 Å². The third-order valence-corrected chi connectivity index (χ3v) is 2.23. The molecule has 0 radical (unpaired) electrons. The zero-order valence-corrected chi connectivity index (χ0v) is 7.69. The molecular formula is C9H14N2O2. The van der Waals surface area contributed by atoms with Crippen LogP contribution in [0.3, 0.4) is 0 Å². The number of nitrogens with zero attached hydrogens (tertiary/aromatic N) is 1. The van der Waals surface area contributed by atoms with Crippen LogP contribution in [0.1, 0.15) is 30.6 Å². The number of aryl methyl sites for hydroxylation is 1. The maximum Gasteiger partial charge on any atom is 0.223 e. The van der Waals surface area contributed by atoms with Crippen molar-refractivity contribution in [3.63, 3.8) is 0 Å². The second kappa shape index (κ2) is 3.47. The Morgan fingerprint density at radius 3 is 2.92 bits per heavy atom. The molecule has 4 nitrogen and oxygen atoms in total. The second-order valence-electron chi connectivity index (χ2n) is 3.47. The third kappa shape index (κ3) is 1.89. The minimum Gasteiger partial charge on any atom is -0.443 e. The zero-order valence-electron chi connectivity index (χ0n) is 7.69. The van der Waals surface area contributed by atoms with Crippen molar-refractivity contribution in [1.82, 2.24) is 4.98 Å². The first-order valence-corrected chi connectivity index (χ1v) is 4.55. The first-order valence-electron chi connectivity index (χ1n) is 4.55. The number of hydrogen-bond acceptors (Lipinski definition) is 4. The van der Waals surface area contributed by atoms with Crippen LogP contribution in [0.4, 0.5) is 0 Å². The van der Waals surface area contributed by atoms with Crippen LogP contribution in [0, 0.1) is 6.92 Å². The minimum atomic E-state index is 0.00787. The van der Waals surface area contributed by atoms with Gasteiger partial charge in [0, 0.05) is 6.04 Å². The first-order chi connectivity index (χ1) is 6.25. The van der Waals surface area contributed by atoms with E-state index in [1.165, 1.54) is 0 Å². The van der Waals surface area contributed by atoms with Gasteiger partial charge in [0.25, 0.3) is 0 Å². The molecule has 2 N–H and O–H groups in total. The molecule has 2 unspecified atom stereocenters. The highest BCUT2D eigenvalue weighted by atomic mass is 16.5. The monoisotopic (exact) mass is 182 g/mol. The molecule has 1 fully saturated rings. The fourth-order valence-electron chi connectivity index (χ4n) is 1.49. The van der Waals surface area contributed by atoms with Crippen LogP contribution in [0.2, 0.25) is 0 Å². The summed E-state index contributed by atoms with van der Waals surface area (Å²) in [6.45, 7) is 2.48. The van der Waals surface area contributed by atoms with Crippen molar-refractivity contribution in [3.8, 4) is 0 Å². The van der Waals surface area contributed by atoms with Gasteiger partial charge in [-0.05, 0) is 19.8 Å². The minimum absolute atomic E-state index is 0.00787. The summed E-state index contributed by atoms with van der Waals surface area (Å²) in [7, 11) is 0. The van der Waals surface area contributed by atoms with Crippen LogP contribution < -0.4 is 5.73 Å². The Bertz CT molecular complexity index is 277. The summed E-state index contributed by atoms with van der Waals surface area (Å²) in [5.74, 6) is 1.51. The Morgan fingerprint density at radius 1 is 1.54 bits per heavy atom. The summed E-state index contributed by atoms with van der Waals surface area (Å²) >= 11 is 0. The molecule has 2 atom stereocenters. The molecule has 0 aliphatic carbocycles. The summed E-state index contributed by atoms with van der Waals surface area (Å²) in [4.78, 5) is 4.13. The molecule has 1 aromatic heterocycles. The van der Waals surface area contributed by atoms with E-state index in [0.717, 1.165) is 18.6 Å². The standard InChI is InChI=1S/C9H14N2O2/c1-6-4-11-9(13-6)8-3-2-7(10)5-12-8/h4,7-8H,2-3,5,10H2,1H3. The highest BCUT2D eigenvalue weighted by Crippen LogP contribution is 2.26. The summed E-state index contributed by atoms with van der Waals surface area (Å²) in [6, 6.07) is 0.173. The average Bonchev–Trinajstić information content (AvgIpc) is 2.53. The van der Waals surface area contributed by atoms with Crippen LogP contribution in [-0.4, -0.2) is 17.6 Å². The fourth-order valence-corrected chi connectivity index (χ4v) is 1.49. The van der Waals surface area contributed by atoms with Gasteiger partial charge in [0.2, 0.25) is 5.89 Å². The summed E-state index contributed by atoms with van der Waals surface area (Å²) in [6.07, 6.45) is 3.61. The van der Waals surface area contributed by atoms with Gasteiger partial charge in [0.1, 0.15) is 11.9 Å². The van der Waals surface area contributed by atoms with E-state index in [4.69, 9.17) is 14.9 Å². The van der Waals surface area contributed by atoms with Crippen molar-refractivity contribution >= 4 is 0 Å². The van der Waals surface area contributed by atoms with Gasteiger partial charge in [-0.2, -0.15) is 0 Å². The van der Waals surface area contributed by atoms with Gasteiger partial charge in [0.15, 0.2) is 0 Å². The molecule has 0 aromatic carbocycles. The fraction of sp³-hybridized carbons (Fsp3) is 0.667. The molecule has 0 bridgehead atoms. The van der Waals surface area contributed by atoms with Crippen molar-refractivity contribution in [2.75, 3.05) is 6.61 Å². The molecule has 1 aromatic rings. The number of ether oxygens (including phenoxy) is 1. The Kier molecular flexibility index (Phi) is 2.33. The predicted molar refractivity (Wildman–Crippen MR) is 47.1 cm³/mol. The van der Waals surface area contributed by atoms with E-state index in [-0.39, 0.29) is 12.1 Å². The average molecular weight is 182 g/mol. The maximum atomic E-state index is 5.70. The zero-order chi connectivity index (χ0) is 9.26. The van der Waals surface area contributed by atoms with Gasteiger partial charge >= 0.3 is 0 Å². The van der Waals surface area contributed by atoms with Crippen molar-refractivity contribution in [1.29, 1.82) is 0 Å². The number of nitrogens with two attached hydrogens (primary N) is 1.